The lowest BCUT2D eigenvalue weighted by atomic mass is 10.2. The van der Waals surface area contributed by atoms with Crippen molar-refractivity contribution in [3.63, 3.8) is 0 Å². The molecule has 22 heavy (non-hydrogen) atoms. The van der Waals surface area contributed by atoms with Gasteiger partial charge in [-0.2, -0.15) is 5.10 Å². The molecule has 0 saturated carbocycles. The van der Waals surface area contributed by atoms with Gasteiger partial charge < -0.3 is 10.2 Å². The maximum Gasteiger partial charge on any atom is 0.237 e. The minimum Gasteiger partial charge on any atom is -0.353 e. The van der Waals surface area contributed by atoms with Crippen LogP contribution in [0.1, 0.15) is 23.9 Å². The molecule has 0 unspecified atom stereocenters. The summed E-state index contributed by atoms with van der Waals surface area (Å²) in [5.74, 6) is 0.114. The maximum absolute atomic E-state index is 12.3. The van der Waals surface area contributed by atoms with Crippen LogP contribution in [-0.4, -0.2) is 71.3 Å². The second kappa shape index (κ2) is 7.24. The van der Waals surface area contributed by atoms with Gasteiger partial charge in [0.15, 0.2) is 0 Å². The molecule has 1 aromatic heterocycles. The van der Waals surface area contributed by atoms with Gasteiger partial charge >= 0.3 is 0 Å². The van der Waals surface area contributed by atoms with Crippen LogP contribution in [0.15, 0.2) is 0 Å². The van der Waals surface area contributed by atoms with Crippen molar-refractivity contribution in [3.05, 3.63) is 17.0 Å². The predicted molar refractivity (Wildman–Crippen MR) is 88.0 cm³/mol. The highest BCUT2D eigenvalue weighted by Crippen LogP contribution is 2.10. The Hall–Kier alpha value is -1.40. The molecule has 0 aromatic carbocycles. The van der Waals surface area contributed by atoms with Crippen LogP contribution in [0, 0.1) is 20.8 Å². The topological polar surface area (TPSA) is 53.4 Å². The first-order chi connectivity index (χ1) is 10.4. The lowest BCUT2D eigenvalue weighted by molar-refractivity contribution is -0.126. The molecule has 1 saturated heterocycles. The lowest BCUT2D eigenvalue weighted by Gasteiger charge is -2.35. The fourth-order valence-corrected chi connectivity index (χ4v) is 2.81. The van der Waals surface area contributed by atoms with Crippen LogP contribution in [-0.2, 0) is 11.3 Å². The monoisotopic (exact) mass is 307 g/mol. The Bertz CT molecular complexity index is 517. The van der Waals surface area contributed by atoms with Crippen LogP contribution in [0.2, 0.25) is 0 Å². The molecule has 1 aliphatic heterocycles. The third-order valence-corrected chi connectivity index (χ3v) is 4.83. The van der Waals surface area contributed by atoms with Gasteiger partial charge in [0, 0.05) is 38.4 Å². The SMILES string of the molecule is Cc1nn(CCNC(=O)[C@H](C)N2CCN(C)CC2)c(C)c1C. The third-order valence-electron chi connectivity index (χ3n) is 4.83. The summed E-state index contributed by atoms with van der Waals surface area (Å²) in [6.07, 6.45) is 0. The number of amides is 1. The number of hydrogen-bond donors (Lipinski definition) is 1. The molecular formula is C16H29N5O. The second-order valence-corrected chi connectivity index (χ2v) is 6.33. The quantitative estimate of drug-likeness (QED) is 0.864. The fraction of sp³-hybridized carbons (Fsp3) is 0.750. The Morgan fingerprint density at radius 1 is 1.23 bits per heavy atom. The number of rotatable bonds is 5. The number of nitrogens with one attached hydrogen (secondary N) is 1. The smallest absolute Gasteiger partial charge is 0.237 e. The van der Waals surface area contributed by atoms with Crippen molar-refractivity contribution in [1.82, 2.24) is 24.9 Å². The van der Waals surface area contributed by atoms with Crippen LogP contribution in [0.4, 0.5) is 0 Å². The molecule has 6 heteroatoms. The van der Waals surface area contributed by atoms with Crippen LogP contribution >= 0.6 is 0 Å². The van der Waals surface area contributed by atoms with E-state index in [4.69, 9.17) is 0 Å². The first-order valence-corrected chi connectivity index (χ1v) is 8.11. The maximum atomic E-state index is 12.3. The molecule has 1 amide bonds. The molecule has 1 atom stereocenters. The van der Waals surface area contributed by atoms with E-state index in [2.05, 4.69) is 41.1 Å². The summed E-state index contributed by atoms with van der Waals surface area (Å²) in [5, 5.41) is 7.54. The summed E-state index contributed by atoms with van der Waals surface area (Å²) in [6, 6.07) is -0.0594. The Kier molecular flexibility index (Phi) is 5.58. The first kappa shape index (κ1) is 17.0. The molecule has 1 N–H and O–H groups in total. The zero-order chi connectivity index (χ0) is 16.3. The molecule has 0 bridgehead atoms. The summed E-state index contributed by atoms with van der Waals surface area (Å²) in [6.45, 7) is 13.5. The zero-order valence-corrected chi connectivity index (χ0v) is 14.5. The molecule has 1 fully saturated rings. The predicted octanol–water partition coefficient (Wildman–Crippen LogP) is 0.560. The normalized spacial score (nSPS) is 18.4. The van der Waals surface area contributed by atoms with E-state index in [9.17, 15) is 4.79 Å². The average molecular weight is 307 g/mol. The standard InChI is InChI=1S/C16H29N5O/c1-12-13(2)18-21(14(12)3)7-6-17-16(22)15(4)20-10-8-19(5)9-11-20/h15H,6-11H2,1-5H3,(H,17,22)/t15-/m0/s1. The van der Waals surface area contributed by atoms with E-state index in [1.807, 2.05) is 18.5 Å². The van der Waals surface area contributed by atoms with Crippen LogP contribution < -0.4 is 5.32 Å². The molecule has 6 nitrogen and oxygen atoms in total. The highest BCUT2D eigenvalue weighted by molar-refractivity contribution is 5.81. The molecule has 0 spiro atoms. The first-order valence-electron chi connectivity index (χ1n) is 8.11. The van der Waals surface area contributed by atoms with E-state index < -0.39 is 0 Å². The number of carbonyl (C=O) groups is 1. The number of hydrogen-bond acceptors (Lipinski definition) is 4. The molecule has 1 aliphatic rings. The van der Waals surface area contributed by atoms with Gasteiger partial charge in [0.2, 0.25) is 5.91 Å². The number of aromatic nitrogens is 2. The van der Waals surface area contributed by atoms with Crippen molar-refractivity contribution in [1.29, 1.82) is 0 Å². The van der Waals surface area contributed by atoms with E-state index in [0.29, 0.717) is 6.54 Å². The van der Waals surface area contributed by atoms with E-state index in [1.54, 1.807) is 0 Å². The van der Waals surface area contributed by atoms with Gasteiger partial charge in [-0.05, 0) is 40.3 Å². The highest BCUT2D eigenvalue weighted by atomic mass is 16.2. The number of carbonyl (C=O) groups excluding carboxylic acids is 1. The van der Waals surface area contributed by atoms with Crippen molar-refractivity contribution in [2.75, 3.05) is 39.8 Å². The molecule has 1 aromatic rings. The molecular weight excluding hydrogens is 278 g/mol. The number of piperazine rings is 1. The van der Waals surface area contributed by atoms with E-state index in [0.717, 1.165) is 38.4 Å². The number of nitrogens with zero attached hydrogens (tertiary/aromatic N) is 4. The molecule has 0 radical (unpaired) electrons. The Morgan fingerprint density at radius 3 is 2.41 bits per heavy atom. The van der Waals surface area contributed by atoms with Gasteiger partial charge in [-0.1, -0.05) is 0 Å². The highest BCUT2D eigenvalue weighted by Gasteiger charge is 2.24. The summed E-state index contributed by atoms with van der Waals surface area (Å²) in [7, 11) is 2.12. The third kappa shape index (κ3) is 3.87. The molecule has 124 valence electrons. The minimum absolute atomic E-state index is 0.0594. The zero-order valence-electron chi connectivity index (χ0n) is 14.5. The van der Waals surface area contributed by atoms with Gasteiger partial charge in [0.05, 0.1) is 18.3 Å². The van der Waals surface area contributed by atoms with E-state index in [-0.39, 0.29) is 11.9 Å². The molecule has 2 rings (SSSR count). The van der Waals surface area contributed by atoms with Gasteiger partial charge in [-0.3, -0.25) is 14.4 Å². The van der Waals surface area contributed by atoms with Crippen molar-refractivity contribution < 1.29 is 4.79 Å². The Morgan fingerprint density at radius 2 is 1.86 bits per heavy atom. The lowest BCUT2D eigenvalue weighted by Crippen LogP contribution is -2.53. The van der Waals surface area contributed by atoms with Crippen LogP contribution in [0.25, 0.3) is 0 Å². The average Bonchev–Trinajstić information content (AvgIpc) is 2.74. The number of aryl methyl sites for hydroxylation is 1. The summed E-state index contributed by atoms with van der Waals surface area (Å²) >= 11 is 0. The van der Waals surface area contributed by atoms with Crippen molar-refractivity contribution in [2.45, 2.75) is 40.3 Å². The largest absolute Gasteiger partial charge is 0.353 e. The van der Waals surface area contributed by atoms with Crippen LogP contribution in [0.5, 0.6) is 0 Å². The van der Waals surface area contributed by atoms with Crippen molar-refractivity contribution >= 4 is 5.91 Å². The Labute approximate surface area is 133 Å². The fourth-order valence-electron chi connectivity index (χ4n) is 2.81. The van der Waals surface area contributed by atoms with Gasteiger partial charge in [0.25, 0.3) is 0 Å². The Balaban J connectivity index is 1.78. The van der Waals surface area contributed by atoms with Gasteiger partial charge in [-0.15, -0.1) is 0 Å². The number of likely N-dealkylation sites (N-methyl/N-ethyl adjacent to an activating group) is 1. The molecule has 0 aliphatic carbocycles. The van der Waals surface area contributed by atoms with Crippen molar-refractivity contribution in [2.24, 2.45) is 0 Å². The van der Waals surface area contributed by atoms with Gasteiger partial charge in [0.1, 0.15) is 0 Å². The van der Waals surface area contributed by atoms with Crippen LogP contribution in [0.3, 0.4) is 0 Å². The van der Waals surface area contributed by atoms with Gasteiger partial charge in [-0.25, -0.2) is 0 Å². The van der Waals surface area contributed by atoms with Crippen molar-refractivity contribution in [3.8, 4) is 0 Å². The molecule has 2 heterocycles. The summed E-state index contributed by atoms with van der Waals surface area (Å²) in [5.41, 5.74) is 3.48. The summed E-state index contributed by atoms with van der Waals surface area (Å²) in [4.78, 5) is 16.8. The minimum atomic E-state index is -0.0594. The van der Waals surface area contributed by atoms with E-state index in [1.165, 1.54) is 11.3 Å². The summed E-state index contributed by atoms with van der Waals surface area (Å²) < 4.78 is 1.98. The van der Waals surface area contributed by atoms with E-state index >= 15 is 0 Å². The second-order valence-electron chi connectivity index (χ2n) is 6.33.